The van der Waals surface area contributed by atoms with Gasteiger partial charge in [0.05, 0.1) is 26.6 Å². The van der Waals surface area contributed by atoms with Crippen molar-refractivity contribution in [3.05, 3.63) is 109 Å². The largest absolute Gasteiger partial charge is 0.490 e. The molecular formula is C29H21BrN2O3S. The quantitative estimate of drug-likeness (QED) is 0.240. The Morgan fingerprint density at radius 2 is 1.81 bits per heavy atom. The van der Waals surface area contributed by atoms with Crippen LogP contribution in [-0.2, 0) is 6.61 Å². The number of para-hydroxylation sites is 2. The summed E-state index contributed by atoms with van der Waals surface area (Å²) in [5, 5.41) is 2.34. The fraction of sp³-hybridized carbons (Fsp3) is 0.103. The normalized spacial score (nSPS) is 12.1. The first-order valence-corrected chi connectivity index (χ1v) is 13.2. The molecule has 178 valence electrons. The molecule has 0 unspecified atom stereocenters. The van der Waals surface area contributed by atoms with Crippen molar-refractivity contribution in [2.75, 3.05) is 6.61 Å². The molecule has 0 saturated carbocycles. The Balaban J connectivity index is 1.37. The Morgan fingerprint density at radius 3 is 2.69 bits per heavy atom. The number of hydrogen-bond donors (Lipinski definition) is 0. The molecule has 0 radical (unpaired) electrons. The lowest BCUT2D eigenvalue weighted by molar-refractivity contribution is 0.268. The smallest absolute Gasteiger partial charge is 0.274 e. The fourth-order valence-electron chi connectivity index (χ4n) is 4.41. The maximum Gasteiger partial charge on any atom is 0.274 e. The summed E-state index contributed by atoms with van der Waals surface area (Å²) in [4.78, 5) is 18.5. The van der Waals surface area contributed by atoms with Crippen molar-refractivity contribution in [2.45, 2.75) is 13.5 Å². The van der Waals surface area contributed by atoms with Crippen molar-refractivity contribution in [2.24, 2.45) is 0 Å². The maximum atomic E-state index is 13.2. The minimum absolute atomic E-state index is 0.0749. The van der Waals surface area contributed by atoms with Crippen LogP contribution in [-0.4, -0.2) is 16.0 Å². The molecule has 0 aliphatic carbocycles. The van der Waals surface area contributed by atoms with Crippen LogP contribution in [0.25, 0.3) is 32.8 Å². The molecule has 5 nitrogen and oxygen atoms in total. The van der Waals surface area contributed by atoms with E-state index < -0.39 is 0 Å². The Hall–Kier alpha value is -3.68. The number of imidazole rings is 1. The molecule has 36 heavy (non-hydrogen) atoms. The highest BCUT2D eigenvalue weighted by atomic mass is 79.9. The van der Waals surface area contributed by atoms with Crippen molar-refractivity contribution in [3.63, 3.8) is 0 Å². The second kappa shape index (κ2) is 9.41. The van der Waals surface area contributed by atoms with Crippen molar-refractivity contribution < 1.29 is 9.47 Å². The predicted octanol–water partition coefficient (Wildman–Crippen LogP) is 6.35. The molecule has 6 rings (SSSR count). The van der Waals surface area contributed by atoms with Crippen molar-refractivity contribution >= 4 is 60.1 Å². The van der Waals surface area contributed by atoms with Crippen molar-refractivity contribution in [1.82, 2.24) is 9.38 Å². The van der Waals surface area contributed by atoms with Gasteiger partial charge in [0.1, 0.15) is 6.61 Å². The van der Waals surface area contributed by atoms with E-state index in [2.05, 4.69) is 45.2 Å². The predicted molar refractivity (Wildman–Crippen MR) is 149 cm³/mol. The summed E-state index contributed by atoms with van der Waals surface area (Å²) in [5.74, 6) is 1.26. The zero-order valence-electron chi connectivity index (χ0n) is 19.4. The van der Waals surface area contributed by atoms with Crippen LogP contribution in [0.5, 0.6) is 11.5 Å². The number of fused-ring (bicyclic) bond motifs is 4. The summed E-state index contributed by atoms with van der Waals surface area (Å²) in [7, 11) is 0. The molecule has 0 N–H and O–H groups in total. The minimum atomic E-state index is -0.0749. The molecule has 6 aromatic rings. The first kappa shape index (κ1) is 22.8. The van der Waals surface area contributed by atoms with Crippen LogP contribution in [0.4, 0.5) is 0 Å². The van der Waals surface area contributed by atoms with Crippen molar-refractivity contribution in [3.8, 4) is 11.5 Å². The molecule has 7 heteroatoms. The highest BCUT2D eigenvalue weighted by molar-refractivity contribution is 9.10. The van der Waals surface area contributed by atoms with E-state index in [0.29, 0.717) is 34.2 Å². The lowest BCUT2D eigenvalue weighted by Crippen LogP contribution is -2.22. The summed E-state index contributed by atoms with van der Waals surface area (Å²) in [6.07, 6.45) is 1.87. The second-order valence-corrected chi connectivity index (χ2v) is 10.2. The van der Waals surface area contributed by atoms with E-state index >= 15 is 0 Å². The van der Waals surface area contributed by atoms with Gasteiger partial charge in [-0.05, 0) is 75.1 Å². The van der Waals surface area contributed by atoms with Gasteiger partial charge in [0.2, 0.25) is 0 Å². The van der Waals surface area contributed by atoms with Gasteiger partial charge in [-0.15, -0.1) is 0 Å². The Kier molecular flexibility index (Phi) is 5.95. The molecule has 0 spiro atoms. The summed E-state index contributed by atoms with van der Waals surface area (Å²) in [6, 6.07) is 26.0. The highest BCUT2D eigenvalue weighted by Crippen LogP contribution is 2.38. The van der Waals surface area contributed by atoms with Gasteiger partial charge in [-0.25, -0.2) is 9.38 Å². The zero-order valence-corrected chi connectivity index (χ0v) is 21.8. The molecule has 0 amide bonds. The van der Waals surface area contributed by atoms with E-state index in [1.54, 1.807) is 4.40 Å². The standard InChI is InChI=1S/C29H21BrN2O3S/c1-2-34-25-15-18(16-26-28(33)32-24-13-6-5-12-23(24)31-29(32)36-26)14-22(30)27(25)35-17-20-10-7-9-19-8-3-4-11-21(19)20/h3-16H,2,17H2,1H3/b26-16+. The van der Waals surface area contributed by atoms with Crippen LogP contribution < -0.4 is 19.6 Å². The lowest BCUT2D eigenvalue weighted by Gasteiger charge is -2.15. The molecule has 0 bridgehead atoms. The number of hydrogen-bond acceptors (Lipinski definition) is 5. The third kappa shape index (κ3) is 4.04. The summed E-state index contributed by atoms with van der Waals surface area (Å²) < 4.78 is 15.3. The molecule has 0 atom stereocenters. The van der Waals surface area contributed by atoms with Crippen LogP contribution >= 0.6 is 27.3 Å². The fourth-order valence-corrected chi connectivity index (χ4v) is 5.97. The molecule has 0 aliphatic heterocycles. The third-order valence-electron chi connectivity index (χ3n) is 6.03. The SMILES string of the molecule is CCOc1cc(/C=c2/sc3nc4ccccc4n3c2=O)cc(Br)c1OCc1cccc2ccccc12. The average Bonchev–Trinajstić information content (AvgIpc) is 3.39. The summed E-state index contributed by atoms with van der Waals surface area (Å²) in [5.41, 5.74) is 3.51. The lowest BCUT2D eigenvalue weighted by atomic mass is 10.1. The molecule has 0 aliphatic rings. The number of rotatable bonds is 6. The van der Waals surface area contributed by atoms with E-state index in [4.69, 9.17) is 9.47 Å². The van der Waals surface area contributed by atoms with E-state index in [1.165, 1.54) is 16.7 Å². The molecular weight excluding hydrogens is 536 g/mol. The highest BCUT2D eigenvalue weighted by Gasteiger charge is 2.15. The first-order chi connectivity index (χ1) is 17.6. The monoisotopic (exact) mass is 556 g/mol. The number of thiazole rings is 1. The number of nitrogens with zero attached hydrogens (tertiary/aromatic N) is 2. The minimum Gasteiger partial charge on any atom is -0.490 e. The van der Waals surface area contributed by atoms with E-state index in [1.807, 2.05) is 67.6 Å². The van der Waals surface area contributed by atoms with Crippen LogP contribution in [0.1, 0.15) is 18.1 Å². The third-order valence-corrected chi connectivity index (χ3v) is 7.58. The second-order valence-electron chi connectivity index (χ2n) is 8.32. The van der Waals surface area contributed by atoms with Gasteiger partial charge in [-0.1, -0.05) is 65.9 Å². The van der Waals surface area contributed by atoms with E-state index in [-0.39, 0.29) is 5.56 Å². The number of ether oxygens (including phenoxy) is 2. The number of aromatic nitrogens is 2. The average molecular weight is 557 g/mol. The Morgan fingerprint density at radius 1 is 1.00 bits per heavy atom. The molecule has 0 fully saturated rings. The summed E-state index contributed by atoms with van der Waals surface area (Å²) >= 11 is 5.04. The first-order valence-electron chi connectivity index (χ1n) is 11.6. The van der Waals surface area contributed by atoms with Crippen LogP contribution in [0.2, 0.25) is 0 Å². The molecule has 2 aromatic heterocycles. The molecule has 4 aromatic carbocycles. The van der Waals surface area contributed by atoms with Crippen LogP contribution in [0, 0.1) is 0 Å². The molecule has 0 saturated heterocycles. The van der Waals surface area contributed by atoms with Gasteiger partial charge in [-0.3, -0.25) is 4.79 Å². The number of halogens is 1. The Labute approximate surface area is 219 Å². The maximum absolute atomic E-state index is 13.2. The Bertz CT molecular complexity index is 1850. The van der Waals surface area contributed by atoms with Crippen LogP contribution in [0.3, 0.4) is 0 Å². The summed E-state index contributed by atoms with van der Waals surface area (Å²) in [6.45, 7) is 2.84. The van der Waals surface area contributed by atoms with Gasteiger partial charge in [0.15, 0.2) is 16.5 Å². The van der Waals surface area contributed by atoms with Gasteiger partial charge >= 0.3 is 0 Å². The topological polar surface area (TPSA) is 52.8 Å². The van der Waals surface area contributed by atoms with Gasteiger partial charge in [-0.2, -0.15) is 0 Å². The van der Waals surface area contributed by atoms with Crippen molar-refractivity contribution in [1.29, 1.82) is 0 Å². The van der Waals surface area contributed by atoms with E-state index in [9.17, 15) is 4.79 Å². The number of benzene rings is 4. The van der Waals surface area contributed by atoms with E-state index in [0.717, 1.165) is 32.0 Å². The van der Waals surface area contributed by atoms with Gasteiger partial charge in [0, 0.05) is 0 Å². The zero-order chi connectivity index (χ0) is 24.6. The molecule has 2 heterocycles. The van der Waals surface area contributed by atoms with Gasteiger partial charge in [0.25, 0.3) is 5.56 Å². The van der Waals surface area contributed by atoms with Gasteiger partial charge < -0.3 is 9.47 Å². The van der Waals surface area contributed by atoms with Crippen LogP contribution in [0.15, 0.2) is 88.1 Å².